The van der Waals surface area contributed by atoms with E-state index < -0.39 is 0 Å². The zero-order chi connectivity index (χ0) is 13.7. The van der Waals surface area contributed by atoms with Crippen molar-refractivity contribution in [1.82, 2.24) is 10.1 Å². The lowest BCUT2D eigenvalue weighted by Crippen LogP contribution is -2.15. The van der Waals surface area contributed by atoms with Crippen LogP contribution >= 0.6 is 0 Å². The molecule has 1 aromatic rings. The molecule has 1 fully saturated rings. The maximum atomic E-state index is 5.66. The van der Waals surface area contributed by atoms with Crippen molar-refractivity contribution < 1.29 is 9.26 Å². The lowest BCUT2D eigenvalue weighted by Gasteiger charge is -2.18. The van der Waals surface area contributed by atoms with Crippen LogP contribution in [0.2, 0.25) is 0 Å². The standard InChI is InChI=1S/C14H25N3O2/c1-10(2)11(7-8-15)5-6-13-16-14(17-19-13)12-4-3-9-18-12/h10-12H,3-9,15H2,1-2H3. The van der Waals surface area contributed by atoms with Crippen LogP contribution in [0.15, 0.2) is 4.52 Å². The molecule has 0 aromatic carbocycles. The van der Waals surface area contributed by atoms with Gasteiger partial charge in [-0.05, 0) is 44.1 Å². The summed E-state index contributed by atoms with van der Waals surface area (Å²) in [6.45, 7) is 6.03. The van der Waals surface area contributed by atoms with Crippen molar-refractivity contribution in [1.29, 1.82) is 0 Å². The summed E-state index contributed by atoms with van der Waals surface area (Å²) in [5, 5.41) is 4.03. The van der Waals surface area contributed by atoms with Gasteiger partial charge in [0.25, 0.3) is 0 Å². The van der Waals surface area contributed by atoms with Crippen LogP contribution in [0.25, 0.3) is 0 Å². The molecule has 0 saturated carbocycles. The van der Waals surface area contributed by atoms with E-state index in [9.17, 15) is 0 Å². The molecule has 5 heteroatoms. The van der Waals surface area contributed by atoms with Gasteiger partial charge in [-0.3, -0.25) is 0 Å². The fraction of sp³-hybridized carbons (Fsp3) is 0.857. The number of nitrogens with zero attached hydrogens (tertiary/aromatic N) is 2. The van der Waals surface area contributed by atoms with Crippen LogP contribution < -0.4 is 5.73 Å². The normalized spacial score (nSPS) is 21.2. The Morgan fingerprint density at radius 2 is 2.21 bits per heavy atom. The van der Waals surface area contributed by atoms with Crippen molar-refractivity contribution in [2.24, 2.45) is 17.6 Å². The number of hydrogen-bond acceptors (Lipinski definition) is 5. The molecule has 2 N–H and O–H groups in total. The first-order chi connectivity index (χ1) is 9.20. The number of nitrogens with two attached hydrogens (primary N) is 1. The molecule has 1 saturated heterocycles. The minimum absolute atomic E-state index is 0.0439. The topological polar surface area (TPSA) is 74.2 Å². The first-order valence-corrected chi connectivity index (χ1v) is 7.35. The Balaban J connectivity index is 1.85. The first kappa shape index (κ1) is 14.5. The smallest absolute Gasteiger partial charge is 0.226 e. The van der Waals surface area contributed by atoms with Gasteiger partial charge < -0.3 is 15.0 Å². The number of ether oxygens (including phenoxy) is 1. The van der Waals surface area contributed by atoms with E-state index in [0.717, 1.165) is 51.1 Å². The van der Waals surface area contributed by atoms with E-state index in [1.165, 1.54) is 0 Å². The molecule has 108 valence electrons. The average Bonchev–Trinajstić information content (AvgIpc) is 3.04. The fourth-order valence-corrected chi connectivity index (χ4v) is 2.62. The largest absolute Gasteiger partial charge is 0.370 e. The summed E-state index contributed by atoms with van der Waals surface area (Å²) < 4.78 is 10.9. The van der Waals surface area contributed by atoms with Crippen LogP contribution in [0.3, 0.4) is 0 Å². The van der Waals surface area contributed by atoms with Gasteiger partial charge in [0.1, 0.15) is 6.10 Å². The van der Waals surface area contributed by atoms with Crippen molar-refractivity contribution in [2.75, 3.05) is 13.2 Å². The van der Waals surface area contributed by atoms with Crippen LogP contribution in [0, 0.1) is 11.8 Å². The number of hydrogen-bond donors (Lipinski definition) is 1. The zero-order valence-corrected chi connectivity index (χ0v) is 12.0. The molecule has 2 rings (SSSR count). The van der Waals surface area contributed by atoms with Crippen LogP contribution in [0.5, 0.6) is 0 Å². The van der Waals surface area contributed by atoms with Gasteiger partial charge in [-0.25, -0.2) is 0 Å². The van der Waals surface area contributed by atoms with E-state index in [4.69, 9.17) is 15.0 Å². The summed E-state index contributed by atoms with van der Waals surface area (Å²) in [4.78, 5) is 4.45. The molecule has 1 aromatic heterocycles. The highest BCUT2D eigenvalue weighted by atomic mass is 16.5. The molecule has 1 aliphatic heterocycles. The molecule has 0 amide bonds. The molecule has 19 heavy (non-hydrogen) atoms. The third-order valence-electron chi connectivity index (χ3n) is 3.91. The summed E-state index contributed by atoms with van der Waals surface area (Å²) >= 11 is 0. The van der Waals surface area contributed by atoms with Crippen molar-refractivity contribution in [2.45, 2.75) is 52.1 Å². The molecule has 0 radical (unpaired) electrons. The minimum atomic E-state index is 0.0439. The Hall–Kier alpha value is -0.940. The van der Waals surface area contributed by atoms with E-state index in [1.807, 2.05) is 0 Å². The van der Waals surface area contributed by atoms with Crippen LogP contribution in [0.1, 0.15) is 57.3 Å². The summed E-state index contributed by atoms with van der Waals surface area (Å²) in [5.41, 5.74) is 5.66. The van der Waals surface area contributed by atoms with Crippen molar-refractivity contribution in [3.8, 4) is 0 Å². The molecule has 2 unspecified atom stereocenters. The molecule has 0 aliphatic carbocycles. The van der Waals surface area contributed by atoms with E-state index in [2.05, 4.69) is 24.0 Å². The Bertz CT molecular complexity index is 373. The maximum absolute atomic E-state index is 5.66. The molecule has 5 nitrogen and oxygen atoms in total. The average molecular weight is 267 g/mol. The van der Waals surface area contributed by atoms with Crippen molar-refractivity contribution in [3.63, 3.8) is 0 Å². The van der Waals surface area contributed by atoms with Gasteiger partial charge >= 0.3 is 0 Å². The second kappa shape index (κ2) is 7.01. The van der Waals surface area contributed by atoms with E-state index >= 15 is 0 Å². The predicted molar refractivity (Wildman–Crippen MR) is 72.5 cm³/mol. The van der Waals surface area contributed by atoms with E-state index in [1.54, 1.807) is 0 Å². The molecule has 2 atom stereocenters. The highest BCUT2D eigenvalue weighted by Gasteiger charge is 2.23. The quantitative estimate of drug-likeness (QED) is 0.821. The van der Waals surface area contributed by atoms with Gasteiger partial charge in [0.15, 0.2) is 0 Å². The molecule has 1 aliphatic rings. The van der Waals surface area contributed by atoms with E-state index in [0.29, 0.717) is 17.7 Å². The zero-order valence-electron chi connectivity index (χ0n) is 12.0. The Labute approximate surface area is 114 Å². The molecular formula is C14H25N3O2. The van der Waals surface area contributed by atoms with Crippen LogP contribution in [-0.4, -0.2) is 23.3 Å². The summed E-state index contributed by atoms with van der Waals surface area (Å²) in [5.74, 6) is 2.72. The number of aromatic nitrogens is 2. The Kier molecular flexibility index (Phi) is 5.34. The second-order valence-corrected chi connectivity index (χ2v) is 5.67. The third kappa shape index (κ3) is 4.01. The van der Waals surface area contributed by atoms with Gasteiger partial charge in [0.2, 0.25) is 11.7 Å². The molecule has 0 spiro atoms. The molecule has 0 bridgehead atoms. The molecular weight excluding hydrogens is 242 g/mol. The highest BCUT2D eigenvalue weighted by Crippen LogP contribution is 2.27. The Morgan fingerprint density at radius 3 is 2.84 bits per heavy atom. The first-order valence-electron chi connectivity index (χ1n) is 7.35. The van der Waals surface area contributed by atoms with Gasteiger partial charge in [-0.15, -0.1) is 0 Å². The number of aryl methyl sites for hydroxylation is 1. The van der Waals surface area contributed by atoms with Gasteiger partial charge in [-0.1, -0.05) is 19.0 Å². The van der Waals surface area contributed by atoms with E-state index in [-0.39, 0.29) is 6.10 Å². The fourth-order valence-electron chi connectivity index (χ4n) is 2.62. The SMILES string of the molecule is CC(C)C(CCN)CCc1nc(C2CCCO2)no1. The van der Waals surface area contributed by atoms with Gasteiger partial charge in [-0.2, -0.15) is 4.98 Å². The summed E-state index contributed by atoms with van der Waals surface area (Å²) in [7, 11) is 0. The Morgan fingerprint density at radius 1 is 1.37 bits per heavy atom. The molecule has 2 heterocycles. The highest BCUT2D eigenvalue weighted by molar-refractivity contribution is 4.93. The predicted octanol–water partition coefficient (Wildman–Crippen LogP) is 2.47. The minimum Gasteiger partial charge on any atom is -0.370 e. The van der Waals surface area contributed by atoms with Gasteiger partial charge in [0, 0.05) is 13.0 Å². The van der Waals surface area contributed by atoms with Crippen molar-refractivity contribution >= 4 is 0 Å². The maximum Gasteiger partial charge on any atom is 0.226 e. The monoisotopic (exact) mass is 267 g/mol. The second-order valence-electron chi connectivity index (χ2n) is 5.67. The van der Waals surface area contributed by atoms with Crippen molar-refractivity contribution in [3.05, 3.63) is 11.7 Å². The number of rotatable bonds is 7. The van der Waals surface area contributed by atoms with Crippen LogP contribution in [0.4, 0.5) is 0 Å². The lowest BCUT2D eigenvalue weighted by molar-refractivity contribution is 0.103. The summed E-state index contributed by atoms with van der Waals surface area (Å²) in [6, 6.07) is 0. The van der Waals surface area contributed by atoms with Crippen LogP contribution in [-0.2, 0) is 11.2 Å². The summed E-state index contributed by atoms with van der Waals surface area (Å²) in [6.07, 6.45) is 5.08. The lowest BCUT2D eigenvalue weighted by atomic mass is 9.88. The van der Waals surface area contributed by atoms with Gasteiger partial charge in [0.05, 0.1) is 0 Å². The third-order valence-corrected chi connectivity index (χ3v) is 3.91.